The third-order valence-electron chi connectivity index (χ3n) is 5.44. The lowest BCUT2D eigenvalue weighted by Crippen LogP contribution is -2.48. The van der Waals surface area contributed by atoms with Gasteiger partial charge in [-0.3, -0.25) is 4.79 Å². The van der Waals surface area contributed by atoms with Crippen molar-refractivity contribution in [3.63, 3.8) is 0 Å². The van der Waals surface area contributed by atoms with Crippen molar-refractivity contribution in [2.75, 3.05) is 13.2 Å². The fraction of sp³-hybridized carbons (Fsp3) is 0.579. The van der Waals surface area contributed by atoms with Crippen LogP contribution >= 0.6 is 0 Å². The van der Waals surface area contributed by atoms with E-state index in [9.17, 15) is 18.0 Å². The predicted octanol–water partition coefficient (Wildman–Crippen LogP) is 3.62. The Morgan fingerprint density at radius 2 is 1.75 bits per heavy atom. The number of aromatic nitrogens is 2. The molecule has 0 unspecified atom stereocenters. The summed E-state index contributed by atoms with van der Waals surface area (Å²) in [7, 11) is 0. The molecule has 3 heterocycles. The van der Waals surface area contributed by atoms with E-state index in [1.807, 2.05) is 13.8 Å². The lowest BCUT2D eigenvalue weighted by molar-refractivity contribution is -0.148. The summed E-state index contributed by atoms with van der Waals surface area (Å²) >= 11 is 0. The van der Waals surface area contributed by atoms with Crippen molar-refractivity contribution in [1.82, 2.24) is 14.5 Å². The standard InChI is InChI=1S/C19H22F3N3O3/c1-11-4-3-5-12(2)25(11)17(26)10-24-14-9-16-15(27-6-7-28-16)8-13(14)23-18(24)19(20,21)22/h8-9,11-12H,3-7,10H2,1-2H3/t11-,12-/m0/s1. The highest BCUT2D eigenvalue weighted by Crippen LogP contribution is 2.38. The van der Waals surface area contributed by atoms with Crippen molar-refractivity contribution in [3.8, 4) is 11.5 Å². The zero-order valence-electron chi connectivity index (χ0n) is 15.8. The van der Waals surface area contributed by atoms with E-state index >= 15 is 0 Å². The number of nitrogens with zero attached hydrogens (tertiary/aromatic N) is 3. The first kappa shape index (κ1) is 18.9. The first-order valence-corrected chi connectivity index (χ1v) is 9.44. The van der Waals surface area contributed by atoms with Gasteiger partial charge in [0, 0.05) is 24.2 Å². The first-order valence-electron chi connectivity index (χ1n) is 9.44. The van der Waals surface area contributed by atoms with Crippen LogP contribution in [0.15, 0.2) is 12.1 Å². The van der Waals surface area contributed by atoms with Gasteiger partial charge in [-0.05, 0) is 33.1 Å². The molecule has 2 aliphatic rings. The molecular formula is C19H22F3N3O3. The Labute approximate surface area is 160 Å². The fourth-order valence-electron chi connectivity index (χ4n) is 4.17. The number of piperidine rings is 1. The highest BCUT2D eigenvalue weighted by atomic mass is 19.4. The van der Waals surface area contributed by atoms with Gasteiger partial charge in [-0.25, -0.2) is 4.98 Å². The van der Waals surface area contributed by atoms with Crippen LogP contribution in [-0.2, 0) is 17.5 Å². The van der Waals surface area contributed by atoms with Crippen molar-refractivity contribution < 1.29 is 27.4 Å². The second-order valence-corrected chi connectivity index (χ2v) is 7.43. The molecule has 1 amide bonds. The molecule has 0 spiro atoms. The number of rotatable bonds is 2. The lowest BCUT2D eigenvalue weighted by Gasteiger charge is -2.39. The Kier molecular flexibility index (Phi) is 4.63. The van der Waals surface area contributed by atoms with Crippen LogP contribution in [0, 0.1) is 0 Å². The number of hydrogen-bond acceptors (Lipinski definition) is 4. The van der Waals surface area contributed by atoms with Gasteiger partial charge >= 0.3 is 6.18 Å². The van der Waals surface area contributed by atoms with Crippen LogP contribution in [0.1, 0.15) is 38.9 Å². The van der Waals surface area contributed by atoms with Gasteiger partial charge in [0.05, 0.1) is 11.0 Å². The quantitative estimate of drug-likeness (QED) is 0.777. The largest absolute Gasteiger partial charge is 0.486 e. The molecule has 1 fully saturated rings. The lowest BCUT2D eigenvalue weighted by atomic mass is 9.97. The molecule has 0 saturated carbocycles. The van der Waals surface area contributed by atoms with E-state index in [2.05, 4.69) is 4.98 Å². The molecule has 4 rings (SSSR count). The van der Waals surface area contributed by atoms with Crippen LogP contribution < -0.4 is 9.47 Å². The van der Waals surface area contributed by atoms with Crippen LogP contribution in [0.3, 0.4) is 0 Å². The number of benzene rings is 1. The monoisotopic (exact) mass is 397 g/mol. The van der Waals surface area contributed by atoms with Gasteiger partial charge in [-0.1, -0.05) is 0 Å². The van der Waals surface area contributed by atoms with E-state index in [1.165, 1.54) is 12.1 Å². The molecule has 1 aromatic carbocycles. The topological polar surface area (TPSA) is 56.6 Å². The van der Waals surface area contributed by atoms with E-state index in [0.717, 1.165) is 23.8 Å². The number of halogens is 3. The summed E-state index contributed by atoms with van der Waals surface area (Å²) in [6, 6.07) is 2.92. The zero-order valence-corrected chi connectivity index (χ0v) is 15.8. The van der Waals surface area contributed by atoms with Crippen LogP contribution in [0.4, 0.5) is 13.2 Å². The third kappa shape index (κ3) is 3.27. The minimum Gasteiger partial charge on any atom is -0.486 e. The average molecular weight is 397 g/mol. The third-order valence-corrected chi connectivity index (χ3v) is 5.44. The number of alkyl halides is 3. The molecule has 0 N–H and O–H groups in total. The summed E-state index contributed by atoms with van der Waals surface area (Å²) in [6.45, 7) is 4.10. The Hall–Kier alpha value is -2.45. The zero-order chi connectivity index (χ0) is 20.1. The summed E-state index contributed by atoms with van der Waals surface area (Å²) in [5.74, 6) is -0.697. The molecule has 1 saturated heterocycles. The van der Waals surface area contributed by atoms with E-state index in [1.54, 1.807) is 4.90 Å². The van der Waals surface area contributed by atoms with Crippen LogP contribution in [0.5, 0.6) is 11.5 Å². The number of hydrogen-bond donors (Lipinski definition) is 0. The van der Waals surface area contributed by atoms with Crippen molar-refractivity contribution in [3.05, 3.63) is 18.0 Å². The predicted molar refractivity (Wildman–Crippen MR) is 95.3 cm³/mol. The number of likely N-dealkylation sites (tertiary alicyclic amines) is 1. The highest BCUT2D eigenvalue weighted by Gasteiger charge is 2.39. The van der Waals surface area contributed by atoms with Crippen molar-refractivity contribution in [2.45, 2.75) is 57.9 Å². The van der Waals surface area contributed by atoms with Gasteiger partial charge in [0.1, 0.15) is 19.8 Å². The Morgan fingerprint density at radius 1 is 1.14 bits per heavy atom. The first-order chi connectivity index (χ1) is 13.3. The molecule has 0 aliphatic carbocycles. The number of ether oxygens (including phenoxy) is 2. The Bertz CT molecular complexity index is 899. The van der Waals surface area contributed by atoms with E-state index in [4.69, 9.17) is 9.47 Å². The molecule has 152 valence electrons. The highest BCUT2D eigenvalue weighted by molar-refractivity contribution is 5.84. The van der Waals surface area contributed by atoms with Crippen LogP contribution in [0.2, 0.25) is 0 Å². The number of imidazole rings is 1. The summed E-state index contributed by atoms with van der Waals surface area (Å²) in [5, 5.41) is 0. The Morgan fingerprint density at radius 3 is 2.36 bits per heavy atom. The normalized spacial score (nSPS) is 22.5. The van der Waals surface area contributed by atoms with Gasteiger partial charge in [-0.15, -0.1) is 0 Å². The molecule has 0 radical (unpaired) electrons. The summed E-state index contributed by atoms with van der Waals surface area (Å²) in [4.78, 5) is 18.4. The van der Waals surface area contributed by atoms with Gasteiger partial charge < -0.3 is 18.9 Å². The summed E-state index contributed by atoms with van der Waals surface area (Å²) in [5.41, 5.74) is 0.339. The Balaban J connectivity index is 1.76. The van der Waals surface area contributed by atoms with Crippen LogP contribution in [0.25, 0.3) is 11.0 Å². The summed E-state index contributed by atoms with van der Waals surface area (Å²) in [6.07, 6.45) is -1.96. The molecule has 2 aliphatic heterocycles. The van der Waals surface area contributed by atoms with Crippen molar-refractivity contribution in [2.24, 2.45) is 0 Å². The van der Waals surface area contributed by atoms with Gasteiger partial charge in [0.15, 0.2) is 11.5 Å². The molecule has 1 aromatic heterocycles. The number of carbonyl (C=O) groups is 1. The average Bonchev–Trinajstić information content (AvgIpc) is 2.97. The molecule has 6 nitrogen and oxygen atoms in total. The number of amides is 1. The minimum absolute atomic E-state index is 0.00450. The molecule has 0 bridgehead atoms. The molecule has 2 atom stereocenters. The van der Waals surface area contributed by atoms with E-state index in [-0.39, 0.29) is 29.0 Å². The van der Waals surface area contributed by atoms with E-state index in [0.29, 0.717) is 24.7 Å². The van der Waals surface area contributed by atoms with Crippen LogP contribution in [-0.4, -0.2) is 45.7 Å². The number of carbonyl (C=O) groups excluding carboxylic acids is 1. The molecule has 2 aromatic rings. The van der Waals surface area contributed by atoms with Crippen molar-refractivity contribution >= 4 is 16.9 Å². The SMILES string of the molecule is C[C@H]1CCC[C@H](C)N1C(=O)Cn1c(C(F)(F)F)nc2cc3c(cc21)OCCO3. The summed E-state index contributed by atoms with van der Waals surface area (Å²) < 4.78 is 52.8. The molecular weight excluding hydrogens is 375 g/mol. The van der Waals surface area contributed by atoms with Crippen molar-refractivity contribution in [1.29, 1.82) is 0 Å². The maximum absolute atomic E-state index is 13.6. The molecule has 9 heteroatoms. The smallest absolute Gasteiger partial charge is 0.449 e. The maximum Gasteiger partial charge on any atom is 0.449 e. The van der Waals surface area contributed by atoms with E-state index < -0.39 is 18.5 Å². The second-order valence-electron chi connectivity index (χ2n) is 7.43. The minimum atomic E-state index is -4.68. The maximum atomic E-state index is 13.6. The number of fused-ring (bicyclic) bond motifs is 2. The van der Waals surface area contributed by atoms with Gasteiger partial charge in [0.25, 0.3) is 0 Å². The molecule has 28 heavy (non-hydrogen) atoms. The van der Waals surface area contributed by atoms with Gasteiger partial charge in [-0.2, -0.15) is 13.2 Å². The second kappa shape index (κ2) is 6.86. The van der Waals surface area contributed by atoms with Gasteiger partial charge in [0.2, 0.25) is 11.7 Å². The fourth-order valence-corrected chi connectivity index (χ4v) is 4.17.